The molecule has 114 valence electrons. The second-order valence-corrected chi connectivity index (χ2v) is 5.21. The standard InChI is InChI=1S/C13H13N5O3S/c1-2-6-17-12(15-16-13(17)22-8-11(14)19)9-4-3-5-10(7-9)18(20)21/h2-5,7H,1,6,8H2,(H2,14,19). The number of thioether (sulfide) groups is 1. The molecular weight excluding hydrogens is 306 g/mol. The maximum absolute atomic E-state index is 10.9. The number of rotatable bonds is 7. The zero-order chi connectivity index (χ0) is 16.1. The molecule has 0 unspecified atom stereocenters. The van der Waals surface area contributed by atoms with E-state index in [1.165, 1.54) is 12.1 Å². The lowest BCUT2D eigenvalue weighted by atomic mass is 10.2. The third-order valence-electron chi connectivity index (χ3n) is 2.69. The Hall–Kier alpha value is -2.68. The van der Waals surface area contributed by atoms with Gasteiger partial charge in [-0.05, 0) is 0 Å². The number of hydrogen-bond acceptors (Lipinski definition) is 6. The van der Waals surface area contributed by atoms with Crippen LogP contribution in [0.4, 0.5) is 5.69 Å². The molecule has 2 N–H and O–H groups in total. The van der Waals surface area contributed by atoms with E-state index in [1.807, 2.05) is 0 Å². The molecule has 8 nitrogen and oxygen atoms in total. The summed E-state index contributed by atoms with van der Waals surface area (Å²) in [4.78, 5) is 21.3. The molecule has 0 bridgehead atoms. The van der Waals surface area contributed by atoms with Crippen molar-refractivity contribution in [2.45, 2.75) is 11.7 Å². The number of carbonyl (C=O) groups excluding carboxylic acids is 1. The summed E-state index contributed by atoms with van der Waals surface area (Å²) in [6.07, 6.45) is 1.65. The average molecular weight is 319 g/mol. The highest BCUT2D eigenvalue weighted by molar-refractivity contribution is 7.99. The van der Waals surface area contributed by atoms with E-state index in [0.717, 1.165) is 11.8 Å². The summed E-state index contributed by atoms with van der Waals surface area (Å²) >= 11 is 1.15. The lowest BCUT2D eigenvalue weighted by Gasteiger charge is -2.07. The predicted octanol–water partition coefficient (Wildman–Crippen LogP) is 1.62. The highest BCUT2D eigenvalue weighted by atomic mass is 32.2. The SMILES string of the molecule is C=CCn1c(SCC(N)=O)nnc1-c1cccc([N+](=O)[O-])c1. The largest absolute Gasteiger partial charge is 0.369 e. The number of amides is 1. The van der Waals surface area contributed by atoms with Gasteiger partial charge in [0.1, 0.15) is 0 Å². The van der Waals surface area contributed by atoms with Crippen LogP contribution in [-0.2, 0) is 11.3 Å². The molecule has 0 aliphatic carbocycles. The summed E-state index contributed by atoms with van der Waals surface area (Å²) in [6, 6.07) is 6.11. The minimum absolute atomic E-state index is 0.0306. The first-order valence-electron chi connectivity index (χ1n) is 6.23. The Labute approximate surface area is 130 Å². The van der Waals surface area contributed by atoms with E-state index in [9.17, 15) is 14.9 Å². The van der Waals surface area contributed by atoms with Gasteiger partial charge in [0.25, 0.3) is 5.69 Å². The van der Waals surface area contributed by atoms with Gasteiger partial charge in [0, 0.05) is 24.2 Å². The zero-order valence-corrected chi connectivity index (χ0v) is 12.3. The normalized spacial score (nSPS) is 10.4. The van der Waals surface area contributed by atoms with Crippen molar-refractivity contribution >= 4 is 23.4 Å². The van der Waals surface area contributed by atoms with Gasteiger partial charge in [0.05, 0.1) is 10.7 Å². The van der Waals surface area contributed by atoms with Gasteiger partial charge in [-0.25, -0.2) is 0 Å². The fourth-order valence-corrected chi connectivity index (χ4v) is 2.48. The van der Waals surface area contributed by atoms with Gasteiger partial charge in [-0.15, -0.1) is 16.8 Å². The molecular formula is C13H13N5O3S. The third kappa shape index (κ3) is 3.50. The highest BCUT2D eigenvalue weighted by Crippen LogP contribution is 2.26. The molecule has 0 aliphatic heterocycles. The van der Waals surface area contributed by atoms with Crippen LogP contribution in [0.1, 0.15) is 0 Å². The molecule has 1 heterocycles. The van der Waals surface area contributed by atoms with Crippen LogP contribution in [0.3, 0.4) is 0 Å². The van der Waals surface area contributed by atoms with Gasteiger partial charge in [0.2, 0.25) is 5.91 Å². The van der Waals surface area contributed by atoms with E-state index in [2.05, 4.69) is 16.8 Å². The van der Waals surface area contributed by atoms with E-state index in [1.54, 1.807) is 22.8 Å². The number of aromatic nitrogens is 3. The van der Waals surface area contributed by atoms with E-state index in [-0.39, 0.29) is 11.4 Å². The minimum Gasteiger partial charge on any atom is -0.369 e. The molecule has 2 rings (SSSR count). The van der Waals surface area contributed by atoms with E-state index < -0.39 is 10.8 Å². The Morgan fingerprint density at radius 3 is 2.91 bits per heavy atom. The first-order chi connectivity index (χ1) is 10.5. The van der Waals surface area contributed by atoms with Gasteiger partial charge >= 0.3 is 0 Å². The van der Waals surface area contributed by atoms with Crippen molar-refractivity contribution in [1.29, 1.82) is 0 Å². The lowest BCUT2D eigenvalue weighted by Crippen LogP contribution is -2.13. The number of allylic oxidation sites excluding steroid dienone is 1. The van der Waals surface area contributed by atoms with Crippen molar-refractivity contribution < 1.29 is 9.72 Å². The molecule has 0 aliphatic rings. The maximum Gasteiger partial charge on any atom is 0.270 e. The number of nitro benzene ring substituents is 1. The minimum atomic E-state index is -0.472. The number of nitrogens with two attached hydrogens (primary N) is 1. The smallest absolute Gasteiger partial charge is 0.270 e. The molecule has 0 atom stereocenters. The molecule has 0 saturated carbocycles. The quantitative estimate of drug-likeness (QED) is 0.358. The summed E-state index contributed by atoms with van der Waals surface area (Å²) in [6.45, 7) is 4.08. The summed E-state index contributed by atoms with van der Waals surface area (Å²) < 4.78 is 1.72. The van der Waals surface area contributed by atoms with Crippen LogP contribution in [0, 0.1) is 10.1 Å². The maximum atomic E-state index is 10.9. The van der Waals surface area contributed by atoms with Crippen LogP contribution >= 0.6 is 11.8 Å². The van der Waals surface area contributed by atoms with E-state index >= 15 is 0 Å². The Bertz CT molecular complexity index is 728. The van der Waals surface area contributed by atoms with Crippen LogP contribution in [0.25, 0.3) is 11.4 Å². The molecule has 0 saturated heterocycles. The van der Waals surface area contributed by atoms with Crippen molar-refractivity contribution in [1.82, 2.24) is 14.8 Å². The summed E-state index contributed by atoms with van der Waals surface area (Å²) in [5, 5.41) is 19.4. The summed E-state index contributed by atoms with van der Waals surface area (Å²) in [7, 11) is 0. The second kappa shape index (κ2) is 6.85. The molecule has 1 amide bonds. The van der Waals surface area contributed by atoms with Crippen molar-refractivity contribution in [3.05, 3.63) is 47.0 Å². The highest BCUT2D eigenvalue weighted by Gasteiger charge is 2.16. The molecule has 0 radical (unpaired) electrons. The molecule has 2 aromatic rings. The first-order valence-corrected chi connectivity index (χ1v) is 7.21. The van der Waals surface area contributed by atoms with Crippen LogP contribution in [0.15, 0.2) is 42.1 Å². The number of non-ortho nitro benzene ring substituents is 1. The van der Waals surface area contributed by atoms with Gasteiger partial charge in [-0.2, -0.15) is 0 Å². The Kier molecular flexibility index (Phi) is 4.89. The Morgan fingerprint density at radius 2 is 2.27 bits per heavy atom. The fraction of sp³-hybridized carbons (Fsp3) is 0.154. The zero-order valence-electron chi connectivity index (χ0n) is 11.5. The number of hydrogen-bond donors (Lipinski definition) is 1. The molecule has 1 aromatic heterocycles. The number of nitro groups is 1. The third-order valence-corrected chi connectivity index (χ3v) is 3.68. The fourth-order valence-electron chi connectivity index (χ4n) is 1.80. The molecule has 0 fully saturated rings. The number of carbonyl (C=O) groups is 1. The van der Waals surface area contributed by atoms with Crippen LogP contribution < -0.4 is 5.73 Å². The number of benzene rings is 1. The van der Waals surface area contributed by atoms with E-state index in [4.69, 9.17) is 5.73 Å². The molecule has 1 aromatic carbocycles. The van der Waals surface area contributed by atoms with Gasteiger partial charge in [-0.3, -0.25) is 19.5 Å². The number of primary amides is 1. The first kappa shape index (κ1) is 15.7. The van der Waals surface area contributed by atoms with Gasteiger partial charge in [-0.1, -0.05) is 30.0 Å². The molecule has 22 heavy (non-hydrogen) atoms. The predicted molar refractivity (Wildman–Crippen MR) is 82.2 cm³/mol. The van der Waals surface area contributed by atoms with Crippen molar-refractivity contribution in [2.24, 2.45) is 5.73 Å². The van der Waals surface area contributed by atoms with E-state index in [0.29, 0.717) is 23.1 Å². The van der Waals surface area contributed by atoms with Crippen molar-refractivity contribution in [2.75, 3.05) is 5.75 Å². The van der Waals surface area contributed by atoms with Gasteiger partial charge < -0.3 is 5.73 Å². The Balaban J connectivity index is 2.41. The van der Waals surface area contributed by atoms with Gasteiger partial charge in [0.15, 0.2) is 11.0 Å². The monoisotopic (exact) mass is 319 g/mol. The van der Waals surface area contributed by atoms with Crippen LogP contribution in [0.2, 0.25) is 0 Å². The topological polar surface area (TPSA) is 117 Å². The van der Waals surface area contributed by atoms with Crippen molar-refractivity contribution in [3.8, 4) is 11.4 Å². The van der Waals surface area contributed by atoms with Crippen LogP contribution in [-0.4, -0.2) is 31.3 Å². The van der Waals surface area contributed by atoms with Crippen LogP contribution in [0.5, 0.6) is 0 Å². The Morgan fingerprint density at radius 1 is 1.50 bits per heavy atom. The average Bonchev–Trinajstić information content (AvgIpc) is 2.88. The summed E-state index contributed by atoms with van der Waals surface area (Å²) in [5.74, 6) is 0.0788. The summed E-state index contributed by atoms with van der Waals surface area (Å²) in [5.41, 5.74) is 5.66. The number of nitrogens with zero attached hydrogens (tertiary/aromatic N) is 4. The lowest BCUT2D eigenvalue weighted by molar-refractivity contribution is -0.384. The second-order valence-electron chi connectivity index (χ2n) is 4.27. The molecule has 9 heteroatoms. The van der Waals surface area contributed by atoms with Crippen molar-refractivity contribution in [3.63, 3.8) is 0 Å². The molecule has 0 spiro atoms.